The number of ether oxygens (including phenoxy) is 1. The molecular formula is C20H28N4O4. The summed E-state index contributed by atoms with van der Waals surface area (Å²) in [7, 11) is 1.71. The van der Waals surface area contributed by atoms with Gasteiger partial charge < -0.3 is 9.30 Å². The number of hydrogen-bond acceptors (Lipinski definition) is 5. The van der Waals surface area contributed by atoms with Gasteiger partial charge in [-0.05, 0) is 43.4 Å². The van der Waals surface area contributed by atoms with Gasteiger partial charge in [-0.25, -0.2) is 9.78 Å². The monoisotopic (exact) mass is 388 g/mol. The summed E-state index contributed by atoms with van der Waals surface area (Å²) in [5, 5.41) is 0. The maximum Gasteiger partial charge on any atom is 0.330 e. The molecule has 0 unspecified atom stereocenters. The predicted octanol–water partition coefficient (Wildman–Crippen LogP) is 2.09. The lowest BCUT2D eigenvalue weighted by molar-refractivity contribution is -0.146. The van der Waals surface area contributed by atoms with Crippen LogP contribution in [0.2, 0.25) is 0 Å². The Morgan fingerprint density at radius 1 is 1.29 bits per heavy atom. The van der Waals surface area contributed by atoms with E-state index >= 15 is 0 Å². The van der Waals surface area contributed by atoms with E-state index < -0.39 is 11.2 Å². The van der Waals surface area contributed by atoms with Gasteiger partial charge in [0.25, 0.3) is 5.56 Å². The van der Waals surface area contributed by atoms with Crippen LogP contribution in [0.1, 0.15) is 57.7 Å². The van der Waals surface area contributed by atoms with Gasteiger partial charge >= 0.3 is 11.7 Å². The Morgan fingerprint density at radius 3 is 2.79 bits per heavy atom. The van der Waals surface area contributed by atoms with Crippen LogP contribution in [0.25, 0.3) is 11.2 Å². The summed E-state index contributed by atoms with van der Waals surface area (Å²) in [6.45, 7) is 2.53. The molecule has 28 heavy (non-hydrogen) atoms. The number of hydrogen-bond donors (Lipinski definition) is 1. The molecule has 0 saturated heterocycles. The molecule has 0 amide bonds. The second-order valence-corrected chi connectivity index (χ2v) is 8.32. The first-order valence-electron chi connectivity index (χ1n) is 10.3. The van der Waals surface area contributed by atoms with E-state index in [1.807, 2.05) is 6.92 Å². The number of aryl methyl sites for hydroxylation is 2. The van der Waals surface area contributed by atoms with Crippen LogP contribution in [-0.2, 0) is 29.7 Å². The minimum absolute atomic E-state index is 0.00619. The van der Waals surface area contributed by atoms with Gasteiger partial charge in [-0.2, -0.15) is 0 Å². The Balaban J connectivity index is 1.50. The third-order valence-corrected chi connectivity index (χ3v) is 6.52. The van der Waals surface area contributed by atoms with Gasteiger partial charge in [-0.3, -0.25) is 19.1 Å². The van der Waals surface area contributed by atoms with Crippen molar-refractivity contribution in [3.63, 3.8) is 0 Å². The molecule has 1 N–H and O–H groups in total. The number of fused-ring (bicyclic) bond motifs is 3. The van der Waals surface area contributed by atoms with Crippen molar-refractivity contribution in [1.82, 2.24) is 19.1 Å². The first-order chi connectivity index (χ1) is 13.5. The summed E-state index contributed by atoms with van der Waals surface area (Å²) in [4.78, 5) is 43.6. The third kappa shape index (κ3) is 3.40. The van der Waals surface area contributed by atoms with Gasteiger partial charge in [0, 0.05) is 20.0 Å². The average molecular weight is 388 g/mol. The average Bonchev–Trinajstić information content (AvgIpc) is 3.34. The molecule has 2 aromatic heterocycles. The number of unbranched alkanes of at least 4 members (excludes halogenated alkanes) is 1. The van der Waals surface area contributed by atoms with Crippen LogP contribution in [0.4, 0.5) is 0 Å². The Hall–Kier alpha value is -2.38. The number of esters is 1. The lowest BCUT2D eigenvalue weighted by Gasteiger charge is -2.20. The quantitative estimate of drug-likeness (QED) is 0.732. The van der Waals surface area contributed by atoms with Crippen LogP contribution in [0.15, 0.2) is 9.59 Å². The van der Waals surface area contributed by atoms with Crippen molar-refractivity contribution < 1.29 is 9.53 Å². The van der Waals surface area contributed by atoms with Gasteiger partial charge in [-0.15, -0.1) is 0 Å². The molecule has 2 aliphatic rings. The van der Waals surface area contributed by atoms with Gasteiger partial charge in [0.15, 0.2) is 11.2 Å². The summed E-state index contributed by atoms with van der Waals surface area (Å²) >= 11 is 0. The lowest BCUT2D eigenvalue weighted by atomic mass is 9.86. The second kappa shape index (κ2) is 7.56. The molecule has 8 heteroatoms. The SMILES string of the molecule is CCCCn1c(=O)[nH]c(=O)c2c1nc(COC(=O)C[C@H]1C[C@@H]3CC[C@@H]1C3)n2C. The number of carbonyl (C=O) groups excluding carboxylic acids is 1. The van der Waals surface area contributed by atoms with E-state index in [1.54, 1.807) is 11.6 Å². The second-order valence-electron chi connectivity index (χ2n) is 8.32. The summed E-state index contributed by atoms with van der Waals surface area (Å²) in [6, 6.07) is 0. The minimum Gasteiger partial charge on any atom is -0.457 e. The van der Waals surface area contributed by atoms with E-state index in [2.05, 4.69) is 9.97 Å². The number of carbonyl (C=O) groups is 1. The van der Waals surface area contributed by atoms with Crippen molar-refractivity contribution in [2.75, 3.05) is 0 Å². The summed E-state index contributed by atoms with van der Waals surface area (Å²) in [5.74, 6) is 2.20. The number of aromatic nitrogens is 4. The number of nitrogens with zero attached hydrogens (tertiary/aromatic N) is 3. The first-order valence-corrected chi connectivity index (χ1v) is 10.3. The largest absolute Gasteiger partial charge is 0.457 e. The number of rotatable bonds is 7. The van der Waals surface area contributed by atoms with E-state index in [4.69, 9.17) is 4.74 Å². The fraction of sp³-hybridized carbons (Fsp3) is 0.700. The fourth-order valence-electron chi connectivity index (χ4n) is 4.99. The predicted molar refractivity (Wildman–Crippen MR) is 104 cm³/mol. The molecule has 2 aromatic rings. The zero-order chi connectivity index (χ0) is 19.8. The fourth-order valence-corrected chi connectivity index (χ4v) is 4.99. The third-order valence-electron chi connectivity index (χ3n) is 6.52. The molecule has 152 valence electrons. The highest BCUT2D eigenvalue weighted by molar-refractivity contribution is 5.71. The topological polar surface area (TPSA) is 99.0 Å². The maximum absolute atomic E-state index is 12.3. The van der Waals surface area contributed by atoms with Gasteiger partial charge in [0.05, 0.1) is 0 Å². The van der Waals surface area contributed by atoms with E-state index in [-0.39, 0.29) is 12.6 Å². The molecule has 2 saturated carbocycles. The van der Waals surface area contributed by atoms with Crippen molar-refractivity contribution in [3.05, 3.63) is 26.7 Å². The minimum atomic E-state index is -0.470. The van der Waals surface area contributed by atoms with Crippen molar-refractivity contribution >= 4 is 17.1 Å². The highest BCUT2D eigenvalue weighted by Gasteiger charge is 2.40. The maximum atomic E-state index is 12.3. The zero-order valence-electron chi connectivity index (χ0n) is 16.6. The van der Waals surface area contributed by atoms with Crippen molar-refractivity contribution in [1.29, 1.82) is 0 Å². The standard InChI is InChI=1S/C20H28N4O4/c1-3-4-7-24-18-17(19(26)22-20(24)27)23(2)15(21-18)11-28-16(25)10-14-9-12-5-6-13(14)8-12/h12-14H,3-11H2,1-2H3,(H,22,26,27)/t12-,13-,14-/m1/s1. The molecule has 0 aliphatic heterocycles. The first kappa shape index (κ1) is 19.0. The smallest absolute Gasteiger partial charge is 0.330 e. The molecule has 2 heterocycles. The number of H-pyrrole nitrogens is 1. The molecule has 0 spiro atoms. The molecule has 4 rings (SSSR count). The lowest BCUT2D eigenvalue weighted by Crippen LogP contribution is -2.31. The van der Waals surface area contributed by atoms with Crippen molar-refractivity contribution in [2.45, 2.75) is 65.0 Å². The number of nitrogens with one attached hydrogen (secondary N) is 1. The van der Waals surface area contributed by atoms with E-state index in [0.717, 1.165) is 25.2 Å². The van der Waals surface area contributed by atoms with Crippen LogP contribution in [0, 0.1) is 17.8 Å². The molecule has 0 aromatic carbocycles. The van der Waals surface area contributed by atoms with Gasteiger partial charge in [0.1, 0.15) is 12.4 Å². The highest BCUT2D eigenvalue weighted by atomic mass is 16.5. The van der Waals surface area contributed by atoms with E-state index in [0.29, 0.717) is 41.8 Å². The van der Waals surface area contributed by atoms with E-state index in [1.165, 1.54) is 23.8 Å². The van der Waals surface area contributed by atoms with Crippen LogP contribution < -0.4 is 11.2 Å². The Bertz CT molecular complexity index is 1000. The summed E-state index contributed by atoms with van der Waals surface area (Å²) in [6.07, 6.45) is 7.16. The van der Waals surface area contributed by atoms with E-state index in [9.17, 15) is 14.4 Å². The van der Waals surface area contributed by atoms with Crippen LogP contribution in [0.5, 0.6) is 0 Å². The molecule has 2 aliphatic carbocycles. The van der Waals surface area contributed by atoms with Gasteiger partial charge in [-0.1, -0.05) is 19.8 Å². The van der Waals surface area contributed by atoms with Gasteiger partial charge in [0.2, 0.25) is 0 Å². The zero-order valence-corrected chi connectivity index (χ0v) is 16.6. The Morgan fingerprint density at radius 2 is 2.11 bits per heavy atom. The molecule has 8 nitrogen and oxygen atoms in total. The van der Waals surface area contributed by atoms with Crippen LogP contribution in [0.3, 0.4) is 0 Å². The molecular weight excluding hydrogens is 360 g/mol. The Kier molecular flexibility index (Phi) is 5.12. The normalized spacial score (nSPS) is 23.6. The summed E-state index contributed by atoms with van der Waals surface area (Å²) < 4.78 is 8.58. The van der Waals surface area contributed by atoms with Crippen LogP contribution in [-0.4, -0.2) is 25.1 Å². The molecule has 2 fully saturated rings. The number of imidazole rings is 1. The summed E-state index contributed by atoms with van der Waals surface area (Å²) in [5.41, 5.74) is -0.245. The van der Waals surface area contributed by atoms with Crippen molar-refractivity contribution in [3.8, 4) is 0 Å². The number of aromatic amines is 1. The molecule has 0 radical (unpaired) electrons. The Labute approximate surface area is 162 Å². The molecule has 2 bridgehead atoms. The van der Waals surface area contributed by atoms with Crippen LogP contribution >= 0.6 is 0 Å². The van der Waals surface area contributed by atoms with Crippen molar-refractivity contribution in [2.24, 2.45) is 24.8 Å². The molecule has 3 atom stereocenters. The highest BCUT2D eigenvalue weighted by Crippen LogP contribution is 2.49.